The molecule has 1 amide bonds. The topological polar surface area (TPSA) is 91.0 Å². The highest BCUT2D eigenvalue weighted by Crippen LogP contribution is 2.20. The van der Waals surface area contributed by atoms with Crippen molar-refractivity contribution in [2.45, 2.75) is 19.8 Å². The van der Waals surface area contributed by atoms with Crippen LogP contribution in [0.15, 0.2) is 48.5 Å². The molecule has 0 aliphatic carbocycles. The van der Waals surface area contributed by atoms with E-state index in [-0.39, 0.29) is 11.0 Å². The first-order valence-electron chi connectivity index (χ1n) is 10.9. The maximum absolute atomic E-state index is 12.4. The molecule has 0 radical (unpaired) electrons. The number of benzene rings is 2. The monoisotopic (exact) mass is 490 g/mol. The molecule has 2 aromatic rings. The predicted molar refractivity (Wildman–Crippen MR) is 136 cm³/mol. The highest BCUT2D eigenvalue weighted by Gasteiger charge is 2.23. The second-order valence-electron chi connectivity index (χ2n) is 7.83. The van der Waals surface area contributed by atoms with Crippen LogP contribution in [0.1, 0.15) is 30.1 Å². The number of thiocarbonyl (C=S) groups is 1. The van der Waals surface area contributed by atoms with Crippen LogP contribution in [0.2, 0.25) is 0 Å². The SMILES string of the molecule is CCCCOc1ccc(C(=O)NC(=S)Nc2ccc(N3CCN(S(C)(=O)=O)CC3)cc2)cc1. The Bertz CT molecular complexity index is 1050. The van der Waals surface area contributed by atoms with E-state index in [0.29, 0.717) is 38.3 Å². The van der Waals surface area contributed by atoms with Crippen LogP contribution in [0, 0.1) is 0 Å². The minimum Gasteiger partial charge on any atom is -0.494 e. The number of anilines is 2. The van der Waals surface area contributed by atoms with Gasteiger partial charge in [-0.05, 0) is 67.2 Å². The van der Waals surface area contributed by atoms with Gasteiger partial charge in [0.1, 0.15) is 5.75 Å². The van der Waals surface area contributed by atoms with Gasteiger partial charge in [-0.2, -0.15) is 4.31 Å². The Kier molecular flexibility index (Phi) is 8.65. The fraction of sp³-hybridized carbons (Fsp3) is 0.391. The van der Waals surface area contributed by atoms with Gasteiger partial charge >= 0.3 is 0 Å². The lowest BCUT2D eigenvalue weighted by Gasteiger charge is -2.34. The molecule has 0 unspecified atom stereocenters. The summed E-state index contributed by atoms with van der Waals surface area (Å²) in [5, 5.41) is 5.90. The summed E-state index contributed by atoms with van der Waals surface area (Å²) in [6.07, 6.45) is 3.29. The minimum atomic E-state index is -3.15. The van der Waals surface area contributed by atoms with Crippen molar-refractivity contribution in [2.75, 3.05) is 49.3 Å². The zero-order chi connectivity index (χ0) is 23.8. The molecule has 1 fully saturated rings. The molecule has 3 rings (SSSR count). The summed E-state index contributed by atoms with van der Waals surface area (Å²) >= 11 is 5.27. The Morgan fingerprint density at radius 1 is 1.03 bits per heavy atom. The van der Waals surface area contributed by atoms with Crippen LogP contribution in [-0.2, 0) is 10.0 Å². The van der Waals surface area contributed by atoms with Gasteiger partial charge in [0, 0.05) is 43.1 Å². The number of unbranched alkanes of at least 4 members (excludes halogenated alkanes) is 1. The molecule has 0 aromatic heterocycles. The maximum atomic E-state index is 12.4. The number of hydrogen-bond acceptors (Lipinski definition) is 6. The Balaban J connectivity index is 1.48. The predicted octanol–water partition coefficient (Wildman–Crippen LogP) is 3.07. The molecular formula is C23H30N4O4S2. The van der Waals surface area contributed by atoms with Crippen molar-refractivity contribution in [3.63, 3.8) is 0 Å². The lowest BCUT2D eigenvalue weighted by molar-refractivity contribution is 0.0977. The second-order valence-corrected chi connectivity index (χ2v) is 10.2. The minimum absolute atomic E-state index is 0.206. The molecule has 2 N–H and O–H groups in total. The first kappa shape index (κ1) is 24.9. The quantitative estimate of drug-likeness (QED) is 0.434. The van der Waals surface area contributed by atoms with Gasteiger partial charge in [0.05, 0.1) is 12.9 Å². The van der Waals surface area contributed by atoms with Crippen LogP contribution < -0.4 is 20.3 Å². The number of rotatable bonds is 8. The van der Waals surface area contributed by atoms with Crippen LogP contribution in [-0.4, -0.2) is 62.8 Å². The van der Waals surface area contributed by atoms with Crippen LogP contribution >= 0.6 is 12.2 Å². The fourth-order valence-electron chi connectivity index (χ4n) is 3.41. The summed E-state index contributed by atoms with van der Waals surface area (Å²) < 4.78 is 30.4. The molecule has 1 saturated heterocycles. The summed E-state index contributed by atoms with van der Waals surface area (Å²) in [6.45, 7) is 4.98. The maximum Gasteiger partial charge on any atom is 0.257 e. The zero-order valence-electron chi connectivity index (χ0n) is 18.9. The van der Waals surface area contributed by atoms with E-state index in [0.717, 1.165) is 30.0 Å². The number of amides is 1. The fourth-order valence-corrected chi connectivity index (χ4v) is 4.45. The van der Waals surface area contributed by atoms with Gasteiger partial charge in [-0.25, -0.2) is 8.42 Å². The van der Waals surface area contributed by atoms with E-state index in [4.69, 9.17) is 17.0 Å². The number of carbonyl (C=O) groups is 1. The average molecular weight is 491 g/mol. The van der Waals surface area contributed by atoms with E-state index in [2.05, 4.69) is 22.5 Å². The summed E-state index contributed by atoms with van der Waals surface area (Å²) in [5.74, 6) is 0.437. The number of ether oxygens (including phenoxy) is 1. The van der Waals surface area contributed by atoms with Crippen LogP contribution in [0.25, 0.3) is 0 Å². The number of nitrogens with one attached hydrogen (secondary N) is 2. The molecule has 33 heavy (non-hydrogen) atoms. The lowest BCUT2D eigenvalue weighted by Crippen LogP contribution is -2.48. The van der Waals surface area contributed by atoms with Crippen molar-refractivity contribution >= 4 is 44.6 Å². The molecule has 8 nitrogen and oxygen atoms in total. The molecule has 1 heterocycles. The average Bonchev–Trinajstić information content (AvgIpc) is 2.79. The van der Waals surface area contributed by atoms with Crippen molar-refractivity contribution in [1.82, 2.24) is 9.62 Å². The molecule has 0 spiro atoms. The Morgan fingerprint density at radius 3 is 2.24 bits per heavy atom. The van der Waals surface area contributed by atoms with Crippen LogP contribution in [0.5, 0.6) is 5.75 Å². The third-order valence-electron chi connectivity index (χ3n) is 5.31. The zero-order valence-corrected chi connectivity index (χ0v) is 20.5. The standard InChI is InChI=1S/C23H30N4O4S2/c1-3-4-17-31-21-11-5-18(6-12-21)22(28)25-23(32)24-19-7-9-20(10-8-19)26-13-15-27(16-14-26)33(2,29)30/h5-12H,3-4,13-17H2,1-2H3,(H2,24,25,28,32). The number of sulfonamides is 1. The summed E-state index contributed by atoms with van der Waals surface area (Å²) in [7, 11) is -3.15. The second kappa shape index (κ2) is 11.4. The molecule has 1 aliphatic rings. The largest absolute Gasteiger partial charge is 0.494 e. The third kappa shape index (κ3) is 7.41. The number of carbonyl (C=O) groups excluding carboxylic acids is 1. The number of hydrogen-bond donors (Lipinski definition) is 2. The molecule has 10 heteroatoms. The van der Waals surface area contributed by atoms with Gasteiger partial charge in [-0.15, -0.1) is 0 Å². The highest BCUT2D eigenvalue weighted by molar-refractivity contribution is 7.88. The van der Waals surface area contributed by atoms with Gasteiger partial charge in [-0.3, -0.25) is 10.1 Å². The lowest BCUT2D eigenvalue weighted by atomic mass is 10.2. The van der Waals surface area contributed by atoms with Gasteiger partial charge in [0.15, 0.2) is 5.11 Å². The number of nitrogens with zero attached hydrogens (tertiary/aromatic N) is 2. The van der Waals surface area contributed by atoms with Gasteiger partial charge in [0.2, 0.25) is 10.0 Å². The number of piperazine rings is 1. The molecular weight excluding hydrogens is 460 g/mol. The normalized spacial score (nSPS) is 14.5. The summed E-state index contributed by atoms with van der Waals surface area (Å²) in [5.41, 5.74) is 2.24. The molecule has 0 atom stereocenters. The highest BCUT2D eigenvalue weighted by atomic mass is 32.2. The summed E-state index contributed by atoms with van der Waals surface area (Å²) in [4.78, 5) is 14.6. The van der Waals surface area contributed by atoms with E-state index >= 15 is 0 Å². The van der Waals surface area contributed by atoms with E-state index in [1.807, 2.05) is 24.3 Å². The molecule has 178 valence electrons. The van der Waals surface area contributed by atoms with Crippen molar-refractivity contribution in [1.29, 1.82) is 0 Å². The Hall–Kier alpha value is -2.69. The first-order valence-corrected chi connectivity index (χ1v) is 13.2. The van der Waals surface area contributed by atoms with E-state index < -0.39 is 10.0 Å². The van der Waals surface area contributed by atoms with Crippen molar-refractivity contribution < 1.29 is 17.9 Å². The first-order chi connectivity index (χ1) is 15.8. The molecule has 0 bridgehead atoms. The van der Waals surface area contributed by atoms with Crippen molar-refractivity contribution in [3.05, 3.63) is 54.1 Å². The van der Waals surface area contributed by atoms with Crippen molar-refractivity contribution in [2.24, 2.45) is 0 Å². The molecule has 2 aromatic carbocycles. The molecule has 1 aliphatic heterocycles. The summed E-state index contributed by atoms with van der Waals surface area (Å²) in [6, 6.07) is 14.6. The Labute approximate surface area is 201 Å². The third-order valence-corrected chi connectivity index (χ3v) is 6.82. The van der Waals surface area contributed by atoms with Gasteiger partial charge in [-0.1, -0.05) is 13.3 Å². The van der Waals surface area contributed by atoms with E-state index in [9.17, 15) is 13.2 Å². The van der Waals surface area contributed by atoms with Gasteiger partial charge < -0.3 is 15.0 Å². The van der Waals surface area contributed by atoms with E-state index in [1.165, 1.54) is 10.6 Å². The van der Waals surface area contributed by atoms with Crippen LogP contribution in [0.4, 0.5) is 11.4 Å². The Morgan fingerprint density at radius 2 is 1.67 bits per heavy atom. The smallest absolute Gasteiger partial charge is 0.257 e. The van der Waals surface area contributed by atoms with Crippen molar-refractivity contribution in [3.8, 4) is 5.75 Å². The van der Waals surface area contributed by atoms with Gasteiger partial charge in [0.25, 0.3) is 5.91 Å². The molecule has 0 saturated carbocycles. The van der Waals surface area contributed by atoms with Crippen LogP contribution in [0.3, 0.4) is 0 Å². The van der Waals surface area contributed by atoms with E-state index in [1.54, 1.807) is 24.3 Å².